The van der Waals surface area contributed by atoms with Gasteiger partial charge in [0.2, 0.25) is 17.7 Å². The third-order valence-corrected chi connectivity index (χ3v) is 7.77. The minimum Gasteiger partial charge on any atom is -0.387 e. The number of halogens is 2. The summed E-state index contributed by atoms with van der Waals surface area (Å²) in [4.78, 5) is 44.7. The summed E-state index contributed by atoms with van der Waals surface area (Å²) >= 11 is 0. The predicted molar refractivity (Wildman–Crippen MR) is 177 cm³/mol. The van der Waals surface area contributed by atoms with Gasteiger partial charge in [0.25, 0.3) is 0 Å². The van der Waals surface area contributed by atoms with E-state index < -0.39 is 59.5 Å². The maximum atomic E-state index is 15.0. The molecule has 256 valence electrons. The molecule has 0 aliphatic carbocycles. The van der Waals surface area contributed by atoms with Crippen LogP contribution in [-0.4, -0.2) is 69.1 Å². The molecule has 0 saturated carbocycles. The van der Waals surface area contributed by atoms with Crippen LogP contribution in [0.15, 0.2) is 48.7 Å². The van der Waals surface area contributed by atoms with Crippen molar-refractivity contribution in [3.63, 3.8) is 0 Å². The lowest BCUT2D eigenvalue weighted by atomic mass is 9.84. The van der Waals surface area contributed by atoms with Gasteiger partial charge in [-0.2, -0.15) is 0 Å². The first-order valence-electron chi connectivity index (χ1n) is 15.7. The van der Waals surface area contributed by atoms with Gasteiger partial charge in [-0.25, -0.2) is 13.8 Å². The molecule has 11 nitrogen and oxygen atoms in total. The molecule has 0 aliphatic heterocycles. The van der Waals surface area contributed by atoms with E-state index in [1.165, 1.54) is 4.90 Å². The molecule has 0 fully saturated rings. The van der Waals surface area contributed by atoms with Crippen molar-refractivity contribution in [2.75, 3.05) is 25.0 Å². The summed E-state index contributed by atoms with van der Waals surface area (Å²) in [5.74, 6) is -2.39. The summed E-state index contributed by atoms with van der Waals surface area (Å²) in [5, 5.41) is 15.3. The molecule has 47 heavy (non-hydrogen) atoms. The number of benzene rings is 2. The van der Waals surface area contributed by atoms with E-state index in [0.29, 0.717) is 24.5 Å². The SMILES string of the molecule is CC(C)[C@H](N)C(=O)N[C@@H](C)C(=O)Nc1cccc(Cn2cc(-c3cc(F)ccc3F)nc2C(N(CCCN)C(=O)CO)C(C)(C)C)c1. The maximum Gasteiger partial charge on any atom is 0.248 e. The standard InChI is InChI=1S/C34H47F2N7O4/c1-20(2)29(38)33(47)39-21(3)32(46)40-24-10-7-9-22(15-24)17-42-18-27(25-16-23(35)11-12-26(25)36)41-31(42)30(34(4,5)6)43(14-8-13-37)28(45)19-44/h7,9-12,15-16,18,20-21,29-30,44H,8,13-14,17,19,37-38H2,1-6H3,(H,39,47)(H,40,46)/t21-,29-,30?/m0/s1. The molecule has 0 aliphatic rings. The Kier molecular flexibility index (Phi) is 12.7. The second-order valence-corrected chi connectivity index (χ2v) is 13.1. The van der Waals surface area contributed by atoms with Gasteiger partial charge in [0, 0.05) is 30.5 Å². The van der Waals surface area contributed by atoms with Gasteiger partial charge in [-0.1, -0.05) is 46.8 Å². The number of carbonyl (C=O) groups excluding carboxylic acids is 3. The van der Waals surface area contributed by atoms with Gasteiger partial charge < -0.3 is 36.7 Å². The van der Waals surface area contributed by atoms with E-state index in [1.54, 1.807) is 35.9 Å². The zero-order valence-electron chi connectivity index (χ0n) is 27.9. The summed E-state index contributed by atoms with van der Waals surface area (Å²) in [6.45, 7) is 11.0. The lowest BCUT2D eigenvalue weighted by molar-refractivity contribution is -0.139. The van der Waals surface area contributed by atoms with Gasteiger partial charge in [0.05, 0.1) is 17.8 Å². The van der Waals surface area contributed by atoms with Crippen LogP contribution in [0.1, 0.15) is 65.4 Å². The van der Waals surface area contributed by atoms with Gasteiger partial charge in [-0.3, -0.25) is 14.4 Å². The van der Waals surface area contributed by atoms with Crippen molar-refractivity contribution in [2.45, 2.75) is 72.6 Å². The summed E-state index contributed by atoms with van der Waals surface area (Å²) in [5.41, 5.74) is 12.4. The van der Waals surface area contributed by atoms with Crippen molar-refractivity contribution in [3.05, 3.63) is 71.7 Å². The molecule has 0 saturated heterocycles. The van der Waals surface area contributed by atoms with Crippen molar-refractivity contribution < 1.29 is 28.3 Å². The number of imidazole rings is 1. The van der Waals surface area contributed by atoms with Crippen molar-refractivity contribution in [3.8, 4) is 11.3 Å². The zero-order valence-corrected chi connectivity index (χ0v) is 27.9. The highest BCUT2D eigenvalue weighted by Crippen LogP contribution is 2.39. The average molecular weight is 656 g/mol. The van der Waals surface area contributed by atoms with E-state index in [4.69, 9.17) is 16.5 Å². The monoisotopic (exact) mass is 655 g/mol. The van der Waals surface area contributed by atoms with E-state index in [1.807, 2.05) is 40.7 Å². The molecule has 3 aromatic rings. The Morgan fingerprint density at radius 3 is 2.38 bits per heavy atom. The number of amides is 3. The summed E-state index contributed by atoms with van der Waals surface area (Å²) in [7, 11) is 0. The number of nitrogens with one attached hydrogen (secondary N) is 2. The Labute approximate surface area is 274 Å². The lowest BCUT2D eigenvalue weighted by Crippen LogP contribution is -2.50. The molecule has 0 radical (unpaired) electrons. The van der Waals surface area contributed by atoms with E-state index >= 15 is 0 Å². The highest BCUT2D eigenvalue weighted by Gasteiger charge is 2.38. The first-order valence-corrected chi connectivity index (χ1v) is 15.7. The number of aliphatic hydroxyl groups excluding tert-OH is 1. The molecule has 1 unspecified atom stereocenters. The highest BCUT2D eigenvalue weighted by atomic mass is 19.1. The van der Waals surface area contributed by atoms with E-state index in [-0.39, 0.29) is 30.3 Å². The fourth-order valence-electron chi connectivity index (χ4n) is 5.22. The van der Waals surface area contributed by atoms with Crippen LogP contribution in [-0.2, 0) is 20.9 Å². The molecule has 2 aromatic carbocycles. The van der Waals surface area contributed by atoms with E-state index in [9.17, 15) is 28.3 Å². The molecular weight excluding hydrogens is 608 g/mol. The molecule has 13 heteroatoms. The molecule has 0 bridgehead atoms. The molecule has 1 heterocycles. The van der Waals surface area contributed by atoms with E-state index in [0.717, 1.165) is 23.8 Å². The maximum absolute atomic E-state index is 15.0. The van der Waals surface area contributed by atoms with Crippen LogP contribution in [0.25, 0.3) is 11.3 Å². The number of anilines is 1. The molecule has 7 N–H and O–H groups in total. The van der Waals surface area contributed by atoms with Crippen LogP contribution in [0, 0.1) is 23.0 Å². The lowest BCUT2D eigenvalue weighted by Gasteiger charge is -2.40. The van der Waals surface area contributed by atoms with Crippen molar-refractivity contribution in [2.24, 2.45) is 22.8 Å². The first-order chi connectivity index (χ1) is 22.1. The van der Waals surface area contributed by atoms with Crippen LogP contribution < -0.4 is 22.1 Å². The summed E-state index contributed by atoms with van der Waals surface area (Å²) in [6, 6.07) is 7.84. The summed E-state index contributed by atoms with van der Waals surface area (Å²) < 4.78 is 31.0. The third-order valence-electron chi connectivity index (χ3n) is 7.77. The number of aliphatic hydroxyl groups is 1. The van der Waals surface area contributed by atoms with Gasteiger partial charge >= 0.3 is 0 Å². The van der Waals surface area contributed by atoms with Crippen molar-refractivity contribution in [1.29, 1.82) is 0 Å². The number of aromatic nitrogens is 2. The van der Waals surface area contributed by atoms with Gasteiger partial charge in [-0.15, -0.1) is 0 Å². The molecule has 1 aromatic heterocycles. The van der Waals surface area contributed by atoms with Crippen LogP contribution in [0.4, 0.5) is 14.5 Å². The van der Waals surface area contributed by atoms with Crippen molar-refractivity contribution >= 4 is 23.4 Å². The Bertz CT molecular complexity index is 1550. The number of rotatable bonds is 14. The normalized spacial score (nSPS) is 13.6. The Morgan fingerprint density at radius 2 is 1.77 bits per heavy atom. The smallest absolute Gasteiger partial charge is 0.248 e. The number of hydrogen-bond donors (Lipinski definition) is 5. The average Bonchev–Trinajstić information content (AvgIpc) is 3.40. The number of hydrogen-bond acceptors (Lipinski definition) is 7. The summed E-state index contributed by atoms with van der Waals surface area (Å²) in [6.07, 6.45) is 2.06. The fraction of sp³-hybridized carbons (Fsp3) is 0.471. The number of nitrogens with zero attached hydrogens (tertiary/aromatic N) is 3. The second-order valence-electron chi connectivity index (χ2n) is 13.1. The van der Waals surface area contributed by atoms with E-state index in [2.05, 4.69) is 10.6 Å². The van der Waals surface area contributed by atoms with Crippen molar-refractivity contribution in [1.82, 2.24) is 19.8 Å². The molecular formula is C34H47F2N7O4. The van der Waals surface area contributed by atoms with Gasteiger partial charge in [0.15, 0.2) is 0 Å². The van der Waals surface area contributed by atoms with Crippen LogP contribution in [0.5, 0.6) is 0 Å². The first kappa shape index (κ1) is 37.3. The Balaban J connectivity index is 2.04. The van der Waals surface area contributed by atoms with Gasteiger partial charge in [0.1, 0.15) is 30.1 Å². The minimum atomic E-state index is -0.851. The fourth-order valence-corrected chi connectivity index (χ4v) is 5.22. The molecule has 0 spiro atoms. The van der Waals surface area contributed by atoms with Gasteiger partial charge in [-0.05, 0) is 67.1 Å². The topological polar surface area (TPSA) is 169 Å². The minimum absolute atomic E-state index is 0.0473. The third kappa shape index (κ3) is 9.66. The molecule has 3 amide bonds. The Morgan fingerprint density at radius 1 is 1.06 bits per heavy atom. The molecule has 3 atom stereocenters. The Hall–Kier alpha value is -4.20. The molecule has 3 rings (SSSR count). The number of nitrogens with two attached hydrogens (primary N) is 2. The quantitative estimate of drug-likeness (QED) is 0.177. The predicted octanol–water partition coefficient (Wildman–Crippen LogP) is 3.56. The van der Waals surface area contributed by atoms with Crippen LogP contribution in [0.3, 0.4) is 0 Å². The number of carbonyl (C=O) groups is 3. The second kappa shape index (κ2) is 16.1. The zero-order chi connectivity index (χ0) is 35.1. The highest BCUT2D eigenvalue weighted by molar-refractivity contribution is 5.97. The largest absolute Gasteiger partial charge is 0.387 e. The van der Waals surface area contributed by atoms with Crippen LogP contribution in [0.2, 0.25) is 0 Å². The van der Waals surface area contributed by atoms with Crippen LogP contribution >= 0.6 is 0 Å².